The van der Waals surface area contributed by atoms with E-state index < -0.39 is 28.3 Å². The number of aliphatic hydroxyl groups excluding tert-OH is 1. The molecule has 1 aromatic heterocycles. The van der Waals surface area contributed by atoms with Crippen molar-refractivity contribution in [3.63, 3.8) is 0 Å². The summed E-state index contributed by atoms with van der Waals surface area (Å²) in [6, 6.07) is 13.1. The average molecular weight is 559 g/mol. The van der Waals surface area contributed by atoms with Crippen LogP contribution in [0.5, 0.6) is 0 Å². The molecule has 210 valence electrons. The molecule has 0 spiro atoms. The lowest BCUT2D eigenvalue weighted by Gasteiger charge is -2.30. The van der Waals surface area contributed by atoms with Crippen LogP contribution < -0.4 is 5.32 Å². The van der Waals surface area contributed by atoms with Crippen molar-refractivity contribution in [3.05, 3.63) is 60.3 Å². The van der Waals surface area contributed by atoms with Gasteiger partial charge in [-0.25, -0.2) is 13.2 Å². The maximum absolute atomic E-state index is 13.8. The summed E-state index contributed by atoms with van der Waals surface area (Å²) in [7, 11) is -4.16. The second-order valence-electron chi connectivity index (χ2n) is 10.0. The molecule has 39 heavy (non-hydrogen) atoms. The molecule has 1 saturated heterocycles. The highest BCUT2D eigenvalue weighted by Gasteiger charge is 2.35. The Morgan fingerprint density at radius 1 is 1.15 bits per heavy atom. The molecule has 1 amide bonds. The van der Waals surface area contributed by atoms with Gasteiger partial charge in [-0.2, -0.15) is 5.10 Å². The molecule has 5 rings (SSSR count). The number of hydroxylamine groups is 1. The molecule has 12 heteroatoms. The Bertz CT molecular complexity index is 1340. The average Bonchev–Trinajstić information content (AvgIpc) is 3.71. The minimum absolute atomic E-state index is 0.0230. The van der Waals surface area contributed by atoms with Gasteiger partial charge >= 0.3 is 6.09 Å². The highest BCUT2D eigenvalue weighted by atomic mass is 32.2. The number of aliphatic hydroxyl groups is 1. The molecule has 2 aromatic carbocycles. The number of amides is 1. The summed E-state index contributed by atoms with van der Waals surface area (Å²) >= 11 is 0. The molecule has 3 unspecified atom stereocenters. The molecule has 1 saturated carbocycles. The molecule has 2 heterocycles. The minimum Gasteiger partial charge on any atom is -0.444 e. The molecule has 2 aliphatic rings. The van der Waals surface area contributed by atoms with Gasteiger partial charge in [0.1, 0.15) is 6.10 Å². The van der Waals surface area contributed by atoms with E-state index in [0.29, 0.717) is 30.5 Å². The van der Waals surface area contributed by atoms with Crippen molar-refractivity contribution in [2.24, 2.45) is 0 Å². The molecule has 0 radical (unpaired) electrons. The lowest BCUT2D eigenvalue weighted by molar-refractivity contribution is -0.145. The zero-order valence-corrected chi connectivity index (χ0v) is 22.4. The van der Waals surface area contributed by atoms with E-state index >= 15 is 0 Å². The van der Waals surface area contributed by atoms with Crippen LogP contribution in [-0.4, -0.2) is 78.4 Å². The Morgan fingerprint density at radius 3 is 2.69 bits per heavy atom. The first-order valence-corrected chi connectivity index (χ1v) is 14.7. The number of nitrogens with zero attached hydrogens (tertiary/aromatic N) is 2. The summed E-state index contributed by atoms with van der Waals surface area (Å²) in [4.78, 5) is 18.7. The predicted molar refractivity (Wildman–Crippen MR) is 142 cm³/mol. The van der Waals surface area contributed by atoms with Gasteiger partial charge in [0.05, 0.1) is 54.6 Å². The van der Waals surface area contributed by atoms with E-state index in [2.05, 4.69) is 15.5 Å². The number of rotatable bonds is 11. The monoisotopic (exact) mass is 558 g/mol. The zero-order valence-electron chi connectivity index (χ0n) is 21.6. The summed E-state index contributed by atoms with van der Waals surface area (Å²) in [6.07, 6.45) is 3.11. The molecular weight excluding hydrogens is 524 g/mol. The van der Waals surface area contributed by atoms with Gasteiger partial charge in [0, 0.05) is 11.8 Å². The van der Waals surface area contributed by atoms with Crippen LogP contribution in [0.4, 0.5) is 4.79 Å². The van der Waals surface area contributed by atoms with Crippen molar-refractivity contribution in [2.45, 2.75) is 67.8 Å². The van der Waals surface area contributed by atoms with Crippen LogP contribution in [0.1, 0.15) is 37.7 Å². The highest BCUT2D eigenvalue weighted by molar-refractivity contribution is 7.89. The van der Waals surface area contributed by atoms with Crippen LogP contribution in [0.2, 0.25) is 0 Å². The van der Waals surface area contributed by atoms with E-state index in [1.807, 2.05) is 30.3 Å². The fourth-order valence-corrected chi connectivity index (χ4v) is 6.27. The van der Waals surface area contributed by atoms with Crippen molar-refractivity contribution < 1.29 is 32.6 Å². The number of ether oxygens (including phenoxy) is 2. The predicted octanol–water partition coefficient (Wildman–Crippen LogP) is 2.92. The van der Waals surface area contributed by atoms with E-state index in [1.54, 1.807) is 12.3 Å². The number of alkyl carbamates (subject to hydrolysis) is 1. The molecule has 3 atom stereocenters. The molecule has 3 aromatic rings. The van der Waals surface area contributed by atoms with Crippen molar-refractivity contribution in [2.75, 3.05) is 19.8 Å². The molecule has 3 N–H and O–H groups in total. The normalized spacial score (nSPS) is 19.9. The van der Waals surface area contributed by atoms with Gasteiger partial charge in [-0.15, -0.1) is 0 Å². The topological polar surface area (TPSA) is 143 Å². The van der Waals surface area contributed by atoms with Crippen molar-refractivity contribution >= 4 is 27.0 Å². The Morgan fingerprint density at radius 2 is 1.95 bits per heavy atom. The number of H-pyrrole nitrogens is 1. The van der Waals surface area contributed by atoms with E-state index in [1.165, 1.54) is 12.1 Å². The third-order valence-electron chi connectivity index (χ3n) is 7.11. The molecule has 1 aliphatic heterocycles. The first-order valence-electron chi connectivity index (χ1n) is 13.3. The third-order valence-corrected chi connectivity index (χ3v) is 8.73. The second kappa shape index (κ2) is 12.4. The number of aromatic amines is 1. The van der Waals surface area contributed by atoms with E-state index in [-0.39, 0.29) is 30.1 Å². The van der Waals surface area contributed by atoms with Gasteiger partial charge in [-0.05, 0) is 43.0 Å². The van der Waals surface area contributed by atoms with Crippen LogP contribution >= 0.6 is 0 Å². The van der Waals surface area contributed by atoms with Gasteiger partial charge < -0.3 is 19.9 Å². The molecule has 11 nitrogen and oxygen atoms in total. The van der Waals surface area contributed by atoms with Gasteiger partial charge in [0.25, 0.3) is 10.0 Å². The molecule has 1 aliphatic carbocycles. The summed E-state index contributed by atoms with van der Waals surface area (Å²) in [5.74, 6) is 0. The number of sulfonamides is 1. The number of carbonyl (C=O) groups is 1. The number of hydrogen-bond donors (Lipinski definition) is 3. The van der Waals surface area contributed by atoms with E-state index in [9.17, 15) is 18.3 Å². The quantitative estimate of drug-likeness (QED) is 0.305. The van der Waals surface area contributed by atoms with Crippen LogP contribution in [0.25, 0.3) is 10.9 Å². The zero-order chi connectivity index (χ0) is 27.2. The Kier molecular flexibility index (Phi) is 8.78. The lowest BCUT2D eigenvalue weighted by atomic mass is 10.0. The fraction of sp³-hybridized carbons (Fsp3) is 0.481. The lowest BCUT2D eigenvalue weighted by Crippen LogP contribution is -2.51. The SMILES string of the molecule is O=C(NC(Cc1ccccc1)C(O)CN(OC1CCCC1)S(=O)(=O)c1ccc2[nH]ncc2c1)OC1CCOC1. The van der Waals surface area contributed by atoms with E-state index in [0.717, 1.165) is 35.7 Å². The standard InChI is InChI=1S/C27H34N4O7S/c32-26(25(14-19-6-2-1-3-7-19)29-27(33)37-22-12-13-36-18-22)17-31(38-21-8-4-5-9-21)39(34,35)23-10-11-24-20(15-23)16-28-30-24/h1-3,6-7,10-11,15-16,21-22,25-26,32H,4-5,8-9,12-14,17-18H2,(H,28,30)(H,29,33). The third kappa shape index (κ3) is 6.95. The number of benzene rings is 2. The second-order valence-corrected chi connectivity index (χ2v) is 11.8. The van der Waals surface area contributed by atoms with Crippen LogP contribution in [0, 0.1) is 0 Å². The van der Waals surface area contributed by atoms with Gasteiger partial charge in [-0.3, -0.25) is 9.94 Å². The number of hydrogen-bond acceptors (Lipinski definition) is 8. The number of carbonyl (C=O) groups excluding carboxylic acids is 1. The highest BCUT2D eigenvalue weighted by Crippen LogP contribution is 2.27. The van der Waals surface area contributed by atoms with Crippen LogP contribution in [0.15, 0.2) is 59.6 Å². The summed E-state index contributed by atoms with van der Waals surface area (Å²) in [5.41, 5.74) is 1.57. The maximum Gasteiger partial charge on any atom is 0.407 e. The van der Waals surface area contributed by atoms with Gasteiger partial charge in [-0.1, -0.05) is 47.6 Å². The number of nitrogens with one attached hydrogen (secondary N) is 2. The maximum atomic E-state index is 13.8. The Balaban J connectivity index is 1.37. The molecular formula is C27H34N4O7S. The fourth-order valence-electron chi connectivity index (χ4n) is 4.93. The summed E-state index contributed by atoms with van der Waals surface area (Å²) in [5, 5.41) is 21.5. The van der Waals surface area contributed by atoms with Crippen LogP contribution in [0.3, 0.4) is 0 Å². The van der Waals surface area contributed by atoms with Gasteiger partial charge in [0.2, 0.25) is 0 Å². The summed E-state index contributed by atoms with van der Waals surface area (Å²) < 4.78 is 39.2. The largest absolute Gasteiger partial charge is 0.444 e. The summed E-state index contributed by atoms with van der Waals surface area (Å²) in [6.45, 7) is 0.456. The van der Waals surface area contributed by atoms with Crippen molar-refractivity contribution in [1.82, 2.24) is 20.0 Å². The molecule has 2 fully saturated rings. The Labute approximate surface area is 227 Å². The van der Waals surface area contributed by atoms with Gasteiger partial charge in [0.15, 0.2) is 0 Å². The first-order chi connectivity index (χ1) is 18.9. The van der Waals surface area contributed by atoms with E-state index in [4.69, 9.17) is 14.3 Å². The Hall–Kier alpha value is -3.03. The smallest absolute Gasteiger partial charge is 0.407 e. The number of fused-ring (bicyclic) bond motifs is 1. The van der Waals surface area contributed by atoms with Crippen LogP contribution in [-0.2, 0) is 30.8 Å². The van der Waals surface area contributed by atoms with Crippen molar-refractivity contribution in [1.29, 1.82) is 0 Å². The number of aromatic nitrogens is 2. The minimum atomic E-state index is -4.16. The first kappa shape index (κ1) is 27.5. The molecule has 0 bridgehead atoms. The van der Waals surface area contributed by atoms with Crippen molar-refractivity contribution in [3.8, 4) is 0 Å².